The zero-order valence-corrected chi connectivity index (χ0v) is 8.46. The SMILES string of the molecule is C=C(Cl)CN1CC(C(=O)O)CCC1=O. The van der Waals surface area contributed by atoms with Gasteiger partial charge < -0.3 is 10.0 Å². The van der Waals surface area contributed by atoms with Gasteiger partial charge in [0.1, 0.15) is 0 Å². The number of carboxylic acid groups (broad SMARTS) is 1. The maximum Gasteiger partial charge on any atom is 0.308 e. The Morgan fingerprint density at radius 2 is 2.36 bits per heavy atom. The first kappa shape index (κ1) is 11.0. The van der Waals surface area contributed by atoms with Gasteiger partial charge in [0, 0.05) is 18.0 Å². The summed E-state index contributed by atoms with van der Waals surface area (Å²) in [7, 11) is 0. The third kappa shape index (κ3) is 2.73. The molecule has 0 spiro atoms. The predicted molar refractivity (Wildman–Crippen MR) is 51.9 cm³/mol. The molecule has 1 atom stereocenters. The third-order valence-corrected chi connectivity index (χ3v) is 2.33. The van der Waals surface area contributed by atoms with Crippen molar-refractivity contribution in [2.45, 2.75) is 12.8 Å². The van der Waals surface area contributed by atoms with E-state index in [2.05, 4.69) is 6.58 Å². The number of likely N-dealkylation sites (tertiary alicyclic amines) is 1. The van der Waals surface area contributed by atoms with Crippen LogP contribution in [0.15, 0.2) is 11.6 Å². The summed E-state index contributed by atoms with van der Waals surface area (Å²) in [5.74, 6) is -1.38. The highest BCUT2D eigenvalue weighted by molar-refractivity contribution is 6.29. The fourth-order valence-corrected chi connectivity index (χ4v) is 1.62. The number of carbonyl (C=O) groups excluding carboxylic acids is 1. The molecule has 1 unspecified atom stereocenters. The highest BCUT2D eigenvalue weighted by atomic mass is 35.5. The van der Waals surface area contributed by atoms with Crippen LogP contribution in [0.25, 0.3) is 0 Å². The fourth-order valence-electron chi connectivity index (χ4n) is 1.48. The molecule has 0 aliphatic carbocycles. The molecule has 1 aliphatic rings. The van der Waals surface area contributed by atoms with E-state index >= 15 is 0 Å². The van der Waals surface area contributed by atoms with Crippen molar-refractivity contribution in [1.82, 2.24) is 4.90 Å². The number of piperidine rings is 1. The van der Waals surface area contributed by atoms with Crippen molar-refractivity contribution in [2.75, 3.05) is 13.1 Å². The number of carboxylic acids is 1. The lowest BCUT2D eigenvalue weighted by Gasteiger charge is -2.30. The molecule has 0 saturated carbocycles. The number of carbonyl (C=O) groups is 2. The summed E-state index contributed by atoms with van der Waals surface area (Å²) >= 11 is 5.57. The minimum absolute atomic E-state index is 0.0516. The van der Waals surface area contributed by atoms with Gasteiger partial charge in [-0.3, -0.25) is 9.59 Å². The zero-order valence-electron chi connectivity index (χ0n) is 7.70. The first-order chi connectivity index (χ1) is 6.50. The van der Waals surface area contributed by atoms with Crippen molar-refractivity contribution in [1.29, 1.82) is 0 Å². The molecule has 1 fully saturated rings. The van der Waals surface area contributed by atoms with Crippen LogP contribution in [0, 0.1) is 5.92 Å². The second-order valence-corrected chi connectivity index (χ2v) is 3.90. The highest BCUT2D eigenvalue weighted by Gasteiger charge is 2.29. The zero-order chi connectivity index (χ0) is 10.7. The van der Waals surface area contributed by atoms with Gasteiger partial charge in [0.25, 0.3) is 0 Å². The molecule has 14 heavy (non-hydrogen) atoms. The Labute approximate surface area is 87.1 Å². The molecule has 1 N–H and O–H groups in total. The number of hydrogen-bond donors (Lipinski definition) is 1. The summed E-state index contributed by atoms with van der Waals surface area (Å²) in [6.07, 6.45) is 0.695. The van der Waals surface area contributed by atoms with E-state index in [-0.39, 0.29) is 25.4 Å². The standard InChI is InChI=1S/C9H12ClNO3/c1-6(10)4-11-5-7(9(13)14)2-3-8(11)12/h7H,1-5H2,(H,13,14). The lowest BCUT2D eigenvalue weighted by molar-refractivity contribution is -0.147. The van der Waals surface area contributed by atoms with E-state index in [9.17, 15) is 9.59 Å². The van der Waals surface area contributed by atoms with E-state index in [0.29, 0.717) is 11.5 Å². The molecule has 1 aliphatic heterocycles. The van der Waals surface area contributed by atoms with Crippen molar-refractivity contribution >= 4 is 23.5 Å². The van der Waals surface area contributed by atoms with Crippen LogP contribution < -0.4 is 0 Å². The van der Waals surface area contributed by atoms with Crippen LogP contribution in [0.2, 0.25) is 0 Å². The van der Waals surface area contributed by atoms with Gasteiger partial charge in [-0.05, 0) is 6.42 Å². The lowest BCUT2D eigenvalue weighted by atomic mass is 9.98. The van der Waals surface area contributed by atoms with Crippen LogP contribution in [-0.2, 0) is 9.59 Å². The van der Waals surface area contributed by atoms with Crippen LogP contribution >= 0.6 is 11.6 Å². The fraction of sp³-hybridized carbons (Fsp3) is 0.556. The molecular weight excluding hydrogens is 206 g/mol. The Morgan fingerprint density at radius 3 is 2.86 bits per heavy atom. The van der Waals surface area contributed by atoms with Gasteiger partial charge in [-0.1, -0.05) is 18.2 Å². The molecule has 0 aromatic carbocycles. The summed E-state index contributed by atoms with van der Waals surface area (Å²) in [5.41, 5.74) is 0. The first-order valence-electron chi connectivity index (χ1n) is 4.34. The molecule has 1 saturated heterocycles. The van der Waals surface area contributed by atoms with Crippen LogP contribution in [0.4, 0.5) is 0 Å². The van der Waals surface area contributed by atoms with Gasteiger partial charge in [0.2, 0.25) is 5.91 Å². The number of amides is 1. The minimum atomic E-state index is -0.859. The van der Waals surface area contributed by atoms with E-state index < -0.39 is 11.9 Å². The van der Waals surface area contributed by atoms with Gasteiger partial charge >= 0.3 is 5.97 Å². The van der Waals surface area contributed by atoms with Crippen LogP contribution in [0.3, 0.4) is 0 Å². The maximum absolute atomic E-state index is 11.3. The second-order valence-electron chi connectivity index (χ2n) is 3.37. The summed E-state index contributed by atoms with van der Waals surface area (Å²) in [5, 5.41) is 9.13. The molecule has 1 heterocycles. The topological polar surface area (TPSA) is 57.6 Å². The van der Waals surface area contributed by atoms with Crippen molar-refractivity contribution in [2.24, 2.45) is 5.92 Å². The molecule has 78 valence electrons. The lowest BCUT2D eigenvalue weighted by Crippen LogP contribution is -2.42. The van der Waals surface area contributed by atoms with Crippen molar-refractivity contribution in [3.05, 3.63) is 11.6 Å². The molecule has 0 bridgehead atoms. The van der Waals surface area contributed by atoms with Gasteiger partial charge in [-0.15, -0.1) is 0 Å². The predicted octanol–water partition coefficient (Wildman–Crippen LogP) is 1.06. The summed E-state index contributed by atoms with van der Waals surface area (Å²) in [4.78, 5) is 23.5. The maximum atomic E-state index is 11.3. The Kier molecular flexibility index (Phi) is 3.52. The van der Waals surface area contributed by atoms with Crippen LogP contribution in [0.1, 0.15) is 12.8 Å². The summed E-state index contributed by atoms with van der Waals surface area (Å²) in [6.45, 7) is 3.95. The number of hydrogen-bond acceptors (Lipinski definition) is 2. The number of aliphatic carboxylic acids is 1. The first-order valence-corrected chi connectivity index (χ1v) is 4.72. The van der Waals surface area contributed by atoms with Gasteiger partial charge in [0.05, 0.1) is 12.5 Å². The quantitative estimate of drug-likeness (QED) is 0.769. The summed E-state index contributed by atoms with van der Waals surface area (Å²) in [6, 6.07) is 0. The summed E-state index contributed by atoms with van der Waals surface area (Å²) < 4.78 is 0. The monoisotopic (exact) mass is 217 g/mol. The van der Waals surface area contributed by atoms with Gasteiger partial charge in [-0.25, -0.2) is 0 Å². The van der Waals surface area contributed by atoms with Crippen molar-refractivity contribution < 1.29 is 14.7 Å². The van der Waals surface area contributed by atoms with E-state index in [1.807, 2.05) is 0 Å². The van der Waals surface area contributed by atoms with Crippen molar-refractivity contribution in [3.63, 3.8) is 0 Å². The van der Waals surface area contributed by atoms with Gasteiger partial charge in [-0.2, -0.15) is 0 Å². The number of rotatable bonds is 3. The Balaban J connectivity index is 2.59. The van der Waals surface area contributed by atoms with E-state index in [0.717, 1.165) is 0 Å². The largest absolute Gasteiger partial charge is 0.481 e. The average molecular weight is 218 g/mol. The molecule has 0 aromatic rings. The van der Waals surface area contributed by atoms with E-state index in [4.69, 9.17) is 16.7 Å². The molecule has 4 nitrogen and oxygen atoms in total. The smallest absolute Gasteiger partial charge is 0.308 e. The van der Waals surface area contributed by atoms with Gasteiger partial charge in [0.15, 0.2) is 0 Å². The molecule has 0 aromatic heterocycles. The number of halogens is 1. The van der Waals surface area contributed by atoms with Crippen LogP contribution in [0.5, 0.6) is 0 Å². The van der Waals surface area contributed by atoms with E-state index in [1.165, 1.54) is 4.90 Å². The highest BCUT2D eigenvalue weighted by Crippen LogP contribution is 2.19. The normalized spacial score (nSPS) is 22.2. The van der Waals surface area contributed by atoms with Crippen molar-refractivity contribution in [3.8, 4) is 0 Å². The Hall–Kier alpha value is -1.03. The Morgan fingerprint density at radius 1 is 1.71 bits per heavy atom. The number of nitrogens with zero attached hydrogens (tertiary/aromatic N) is 1. The average Bonchev–Trinajstić information content (AvgIpc) is 2.07. The molecule has 1 rings (SSSR count). The molecular formula is C9H12ClNO3. The van der Waals surface area contributed by atoms with Crippen LogP contribution in [-0.4, -0.2) is 35.0 Å². The van der Waals surface area contributed by atoms with E-state index in [1.54, 1.807) is 0 Å². The molecule has 0 radical (unpaired) electrons. The Bertz CT molecular complexity index is 277. The second kappa shape index (κ2) is 4.46. The third-order valence-electron chi connectivity index (χ3n) is 2.21. The molecule has 5 heteroatoms. The molecule has 1 amide bonds. The minimum Gasteiger partial charge on any atom is -0.481 e.